The molecule has 8 heteroatoms. The highest BCUT2D eigenvalue weighted by Crippen LogP contribution is 2.29. The fraction of sp³-hybridized carbons (Fsp3) is 0.500. The van der Waals surface area contributed by atoms with Crippen LogP contribution in [0.3, 0.4) is 0 Å². The summed E-state index contributed by atoms with van der Waals surface area (Å²) in [6, 6.07) is 0.147. The molecule has 20 heavy (non-hydrogen) atoms. The van der Waals surface area contributed by atoms with Gasteiger partial charge in [0.1, 0.15) is 0 Å². The Hall–Kier alpha value is -1.83. The van der Waals surface area contributed by atoms with E-state index in [2.05, 4.69) is 15.3 Å². The molecule has 1 fully saturated rings. The summed E-state index contributed by atoms with van der Waals surface area (Å²) >= 11 is 0. The lowest BCUT2D eigenvalue weighted by Crippen LogP contribution is -2.28. The average molecular weight is 286 g/mol. The van der Waals surface area contributed by atoms with Gasteiger partial charge in [-0.3, -0.25) is 0 Å². The molecule has 0 amide bonds. The van der Waals surface area contributed by atoms with Crippen molar-refractivity contribution in [3.8, 4) is 0 Å². The topological polar surface area (TPSA) is 51.5 Å². The van der Waals surface area contributed by atoms with Gasteiger partial charge in [0.25, 0.3) is 0 Å². The molecule has 5 nitrogen and oxygen atoms in total. The summed E-state index contributed by atoms with van der Waals surface area (Å²) in [5, 5.41) is 3.15. The summed E-state index contributed by atoms with van der Waals surface area (Å²) in [5.41, 5.74) is -0.730. The van der Waals surface area contributed by atoms with Crippen molar-refractivity contribution in [3.63, 3.8) is 0 Å². The van der Waals surface area contributed by atoms with E-state index in [1.807, 2.05) is 0 Å². The van der Waals surface area contributed by atoms with Crippen molar-refractivity contribution < 1.29 is 17.9 Å². The second kappa shape index (κ2) is 4.93. The molecule has 0 radical (unpaired) electrons. The third-order valence-electron chi connectivity index (χ3n) is 3.23. The molecule has 1 aliphatic heterocycles. The van der Waals surface area contributed by atoms with Crippen LogP contribution in [0.4, 0.5) is 19.0 Å². The molecule has 3 heterocycles. The van der Waals surface area contributed by atoms with E-state index >= 15 is 0 Å². The van der Waals surface area contributed by atoms with E-state index < -0.39 is 11.9 Å². The molecule has 0 saturated carbocycles. The molecule has 1 N–H and O–H groups in total. The zero-order chi connectivity index (χ0) is 14.2. The van der Waals surface area contributed by atoms with Crippen LogP contribution in [-0.2, 0) is 10.9 Å². The van der Waals surface area contributed by atoms with Crippen molar-refractivity contribution in [1.29, 1.82) is 0 Å². The zero-order valence-corrected chi connectivity index (χ0v) is 10.5. The number of hydrogen-bond acceptors (Lipinski definition) is 4. The Kier molecular flexibility index (Phi) is 3.25. The number of rotatable bonds is 2. The number of fused-ring (bicyclic) bond motifs is 1. The minimum atomic E-state index is -4.46. The van der Waals surface area contributed by atoms with Gasteiger partial charge >= 0.3 is 6.18 Å². The lowest BCUT2D eigenvalue weighted by molar-refractivity contribution is -0.140. The van der Waals surface area contributed by atoms with Crippen molar-refractivity contribution in [2.24, 2.45) is 0 Å². The van der Waals surface area contributed by atoms with Crippen LogP contribution in [0.1, 0.15) is 18.5 Å². The van der Waals surface area contributed by atoms with E-state index in [9.17, 15) is 13.2 Å². The lowest BCUT2D eigenvalue weighted by Gasteiger charge is -2.23. The molecule has 1 aliphatic rings. The Labute approximate surface area is 112 Å². The van der Waals surface area contributed by atoms with Crippen molar-refractivity contribution in [3.05, 3.63) is 24.3 Å². The predicted octanol–water partition coefficient (Wildman–Crippen LogP) is 2.34. The van der Waals surface area contributed by atoms with E-state index in [0.29, 0.717) is 19.0 Å². The number of ether oxygens (including phenoxy) is 1. The first kappa shape index (κ1) is 13.2. The quantitative estimate of drug-likeness (QED) is 0.920. The summed E-state index contributed by atoms with van der Waals surface area (Å²) < 4.78 is 44.6. The SMILES string of the molecule is FC(F)(F)c1cn2ccnc(NC3CCOCC3)c2n1. The van der Waals surface area contributed by atoms with Crippen LogP contribution in [0.25, 0.3) is 5.65 Å². The van der Waals surface area contributed by atoms with Gasteiger partial charge in [-0.15, -0.1) is 0 Å². The van der Waals surface area contributed by atoms with Gasteiger partial charge in [0, 0.05) is 37.8 Å². The lowest BCUT2D eigenvalue weighted by atomic mass is 10.1. The molecule has 1 saturated heterocycles. The maximum atomic E-state index is 12.7. The van der Waals surface area contributed by atoms with E-state index in [0.717, 1.165) is 19.0 Å². The standard InChI is InChI=1S/C12H13F3N4O/c13-12(14,15)9-7-19-4-3-16-10(11(19)18-9)17-8-1-5-20-6-2-8/h3-4,7-8H,1-2,5-6H2,(H,16,17). The molecule has 2 aromatic heterocycles. The molecule has 0 bridgehead atoms. The summed E-state index contributed by atoms with van der Waals surface area (Å²) in [5.74, 6) is 0.370. The van der Waals surface area contributed by atoms with Crippen molar-refractivity contribution >= 4 is 11.5 Å². The normalized spacial score (nSPS) is 17.6. The van der Waals surface area contributed by atoms with E-state index in [1.54, 1.807) is 0 Å². The molecule has 0 atom stereocenters. The van der Waals surface area contributed by atoms with Crippen molar-refractivity contribution in [2.45, 2.75) is 25.1 Å². The number of anilines is 1. The molecule has 2 aromatic rings. The first-order chi connectivity index (χ1) is 9.54. The Bertz CT molecular complexity index is 604. The first-order valence-corrected chi connectivity index (χ1v) is 6.29. The molecule has 0 spiro atoms. The highest BCUT2D eigenvalue weighted by molar-refractivity contribution is 5.63. The summed E-state index contributed by atoms with van der Waals surface area (Å²) in [4.78, 5) is 7.72. The van der Waals surface area contributed by atoms with Gasteiger partial charge < -0.3 is 14.5 Å². The van der Waals surface area contributed by atoms with Crippen LogP contribution < -0.4 is 5.32 Å². The van der Waals surface area contributed by atoms with Gasteiger partial charge in [-0.05, 0) is 12.8 Å². The van der Waals surface area contributed by atoms with E-state index in [-0.39, 0.29) is 11.7 Å². The number of hydrogen-bond donors (Lipinski definition) is 1. The number of nitrogens with zero attached hydrogens (tertiary/aromatic N) is 3. The third-order valence-corrected chi connectivity index (χ3v) is 3.23. The monoisotopic (exact) mass is 286 g/mol. The molecule has 0 aromatic carbocycles. The molecule has 0 aliphatic carbocycles. The van der Waals surface area contributed by atoms with Crippen LogP contribution in [0.2, 0.25) is 0 Å². The van der Waals surface area contributed by atoms with E-state index in [1.165, 1.54) is 16.8 Å². The van der Waals surface area contributed by atoms with Gasteiger partial charge in [-0.2, -0.15) is 13.2 Å². The highest BCUT2D eigenvalue weighted by Gasteiger charge is 2.34. The Morgan fingerprint density at radius 2 is 2.05 bits per heavy atom. The van der Waals surface area contributed by atoms with Gasteiger partial charge in [-0.25, -0.2) is 9.97 Å². The number of imidazole rings is 1. The van der Waals surface area contributed by atoms with Crippen molar-refractivity contribution in [2.75, 3.05) is 18.5 Å². The minimum absolute atomic E-state index is 0.147. The largest absolute Gasteiger partial charge is 0.434 e. The summed E-state index contributed by atoms with van der Waals surface area (Å²) in [7, 11) is 0. The van der Waals surface area contributed by atoms with Gasteiger partial charge in [0.2, 0.25) is 0 Å². The predicted molar refractivity (Wildman–Crippen MR) is 65.5 cm³/mol. The van der Waals surface area contributed by atoms with Gasteiger partial charge in [0.05, 0.1) is 0 Å². The molecular weight excluding hydrogens is 273 g/mol. The number of nitrogens with one attached hydrogen (secondary N) is 1. The number of halogens is 3. The third kappa shape index (κ3) is 2.55. The highest BCUT2D eigenvalue weighted by atomic mass is 19.4. The van der Waals surface area contributed by atoms with Crippen LogP contribution in [0.15, 0.2) is 18.6 Å². The Morgan fingerprint density at radius 3 is 2.75 bits per heavy atom. The van der Waals surface area contributed by atoms with Gasteiger partial charge in [0.15, 0.2) is 17.2 Å². The second-order valence-electron chi connectivity index (χ2n) is 4.66. The molecule has 3 rings (SSSR count). The van der Waals surface area contributed by atoms with Crippen LogP contribution >= 0.6 is 0 Å². The average Bonchev–Trinajstić information content (AvgIpc) is 2.85. The van der Waals surface area contributed by atoms with Crippen molar-refractivity contribution in [1.82, 2.24) is 14.4 Å². The maximum Gasteiger partial charge on any atom is 0.434 e. The molecule has 108 valence electrons. The first-order valence-electron chi connectivity index (χ1n) is 6.29. The van der Waals surface area contributed by atoms with Gasteiger partial charge in [-0.1, -0.05) is 0 Å². The fourth-order valence-corrected chi connectivity index (χ4v) is 2.19. The van der Waals surface area contributed by atoms with E-state index in [4.69, 9.17) is 4.74 Å². The summed E-state index contributed by atoms with van der Waals surface area (Å²) in [6.07, 6.45) is 1.02. The zero-order valence-electron chi connectivity index (χ0n) is 10.5. The minimum Gasteiger partial charge on any atom is -0.381 e. The Balaban J connectivity index is 1.92. The maximum absolute atomic E-state index is 12.7. The Morgan fingerprint density at radius 1 is 1.30 bits per heavy atom. The molecular formula is C12H13F3N4O. The van der Waals surface area contributed by atoms with Crippen LogP contribution in [0.5, 0.6) is 0 Å². The number of aromatic nitrogens is 3. The molecule has 0 unspecified atom stereocenters. The summed E-state index contributed by atoms with van der Waals surface area (Å²) in [6.45, 7) is 1.28. The number of alkyl halides is 3. The fourth-order valence-electron chi connectivity index (χ4n) is 2.19. The smallest absolute Gasteiger partial charge is 0.381 e. The van der Waals surface area contributed by atoms with Crippen LogP contribution in [0, 0.1) is 0 Å². The van der Waals surface area contributed by atoms with Crippen LogP contribution in [-0.4, -0.2) is 33.6 Å². The second-order valence-corrected chi connectivity index (χ2v) is 4.66.